The first-order valence-electron chi connectivity index (χ1n) is 5.96. The van der Waals surface area contributed by atoms with Crippen LogP contribution in [-0.4, -0.2) is 11.6 Å². The molecule has 0 aliphatic rings. The van der Waals surface area contributed by atoms with Crippen LogP contribution in [0.25, 0.3) is 0 Å². The first-order chi connectivity index (χ1) is 9.77. The van der Waals surface area contributed by atoms with E-state index in [0.29, 0.717) is 15.5 Å². The Kier molecular flexibility index (Phi) is 3.62. The van der Waals surface area contributed by atoms with Crippen LogP contribution < -0.4 is 0 Å². The van der Waals surface area contributed by atoms with Gasteiger partial charge in [-0.2, -0.15) is 0 Å². The third kappa shape index (κ3) is 2.37. The Bertz CT molecular complexity index is 648. The quantitative estimate of drug-likeness (QED) is 0.523. The maximum absolute atomic E-state index is 12.6. The molecule has 0 bridgehead atoms. The van der Waals surface area contributed by atoms with Crippen molar-refractivity contribution in [3.8, 4) is 0 Å². The fourth-order valence-electron chi connectivity index (χ4n) is 1.96. The largest absolute Gasteiger partial charge is 0.468 e. The third-order valence-corrected chi connectivity index (χ3v) is 4.65. The monoisotopic (exact) mass is 302 g/mol. The minimum Gasteiger partial charge on any atom is -0.468 e. The van der Waals surface area contributed by atoms with Crippen LogP contribution in [0.2, 0.25) is 0 Å². The van der Waals surface area contributed by atoms with Crippen molar-refractivity contribution in [1.82, 2.24) is 0 Å². The number of Topliss-reactive ketones (excluding diaryl/α,β-unsaturated/α-hetero) is 2. The number of carbonyl (C=O) groups is 2. The Morgan fingerprint density at radius 2 is 1.50 bits per heavy atom. The number of rotatable bonds is 5. The third-order valence-electron chi connectivity index (χ3n) is 2.88. The molecular weight excluding hydrogens is 292 g/mol. The Morgan fingerprint density at radius 3 is 1.90 bits per heavy atom. The average Bonchev–Trinajstić information content (AvgIpc) is 3.20. The van der Waals surface area contributed by atoms with Crippen molar-refractivity contribution in [2.75, 3.05) is 0 Å². The van der Waals surface area contributed by atoms with E-state index >= 15 is 0 Å². The molecule has 3 heterocycles. The van der Waals surface area contributed by atoms with Gasteiger partial charge in [-0.3, -0.25) is 9.59 Å². The van der Waals surface area contributed by atoms with E-state index in [-0.39, 0.29) is 11.6 Å². The fourth-order valence-corrected chi connectivity index (χ4v) is 3.34. The standard InChI is InChI=1S/C15H10O3S2/c16-14(11-5-2-8-19-11)13(10-4-1-7-18-10)15(17)12-6-3-9-20-12/h1-9,13H. The lowest BCUT2D eigenvalue weighted by atomic mass is 9.94. The molecule has 0 unspecified atom stereocenters. The van der Waals surface area contributed by atoms with E-state index < -0.39 is 5.92 Å². The van der Waals surface area contributed by atoms with Crippen LogP contribution in [0.4, 0.5) is 0 Å². The van der Waals surface area contributed by atoms with Gasteiger partial charge in [-0.25, -0.2) is 0 Å². The maximum Gasteiger partial charge on any atom is 0.191 e. The fraction of sp³-hybridized carbons (Fsp3) is 0.0667. The minimum absolute atomic E-state index is 0.214. The molecule has 5 heteroatoms. The molecule has 0 aliphatic heterocycles. The molecule has 3 rings (SSSR count). The van der Waals surface area contributed by atoms with Crippen molar-refractivity contribution in [1.29, 1.82) is 0 Å². The van der Waals surface area contributed by atoms with Gasteiger partial charge in [0.2, 0.25) is 0 Å². The summed E-state index contributed by atoms with van der Waals surface area (Å²) in [7, 11) is 0. The smallest absolute Gasteiger partial charge is 0.191 e. The Balaban J connectivity index is 2.01. The van der Waals surface area contributed by atoms with Gasteiger partial charge in [-0.05, 0) is 35.0 Å². The highest BCUT2D eigenvalue weighted by molar-refractivity contribution is 7.13. The lowest BCUT2D eigenvalue weighted by Crippen LogP contribution is -2.20. The molecule has 3 aromatic heterocycles. The first-order valence-corrected chi connectivity index (χ1v) is 7.72. The van der Waals surface area contributed by atoms with Gasteiger partial charge in [0.15, 0.2) is 11.6 Å². The molecule has 0 radical (unpaired) electrons. The summed E-state index contributed by atoms with van der Waals surface area (Å²) in [6.07, 6.45) is 1.48. The predicted octanol–water partition coefficient (Wildman–Crippen LogP) is 4.25. The second kappa shape index (κ2) is 5.56. The van der Waals surface area contributed by atoms with E-state index in [4.69, 9.17) is 4.42 Å². The summed E-state index contributed by atoms with van der Waals surface area (Å²) < 4.78 is 5.30. The zero-order valence-electron chi connectivity index (χ0n) is 10.3. The molecule has 0 spiro atoms. The lowest BCUT2D eigenvalue weighted by molar-refractivity contribution is 0.0852. The molecular formula is C15H10O3S2. The van der Waals surface area contributed by atoms with Crippen LogP contribution >= 0.6 is 22.7 Å². The number of hydrogen-bond donors (Lipinski definition) is 0. The Hall–Kier alpha value is -1.98. The van der Waals surface area contributed by atoms with E-state index in [9.17, 15) is 9.59 Å². The number of carbonyl (C=O) groups excluding carboxylic acids is 2. The van der Waals surface area contributed by atoms with Crippen molar-refractivity contribution in [2.24, 2.45) is 0 Å². The van der Waals surface area contributed by atoms with Crippen molar-refractivity contribution in [3.05, 3.63) is 68.9 Å². The highest BCUT2D eigenvalue weighted by Gasteiger charge is 2.33. The lowest BCUT2D eigenvalue weighted by Gasteiger charge is -2.10. The Morgan fingerprint density at radius 1 is 0.900 bits per heavy atom. The molecule has 0 aromatic carbocycles. The van der Waals surface area contributed by atoms with Gasteiger partial charge < -0.3 is 4.42 Å². The summed E-state index contributed by atoms with van der Waals surface area (Å²) in [4.78, 5) is 26.3. The van der Waals surface area contributed by atoms with E-state index in [1.54, 1.807) is 36.4 Å². The summed E-state index contributed by atoms with van der Waals surface area (Å²) in [5, 5.41) is 3.64. The van der Waals surface area contributed by atoms with Gasteiger partial charge in [0.1, 0.15) is 11.7 Å². The maximum atomic E-state index is 12.6. The molecule has 0 aliphatic carbocycles. The highest BCUT2D eigenvalue weighted by atomic mass is 32.1. The van der Waals surface area contributed by atoms with Crippen molar-refractivity contribution >= 4 is 34.2 Å². The van der Waals surface area contributed by atoms with Crippen LogP contribution in [0.5, 0.6) is 0 Å². The van der Waals surface area contributed by atoms with Crippen LogP contribution in [0.1, 0.15) is 31.0 Å². The summed E-state index contributed by atoms with van der Waals surface area (Å²) in [5.74, 6) is -0.939. The molecule has 3 aromatic rings. The molecule has 0 saturated carbocycles. The normalized spacial score (nSPS) is 10.8. The summed E-state index contributed by atoms with van der Waals surface area (Å²) in [6, 6.07) is 10.4. The van der Waals surface area contributed by atoms with Crippen LogP contribution in [0, 0.1) is 0 Å². The van der Waals surface area contributed by atoms with E-state index in [2.05, 4.69) is 0 Å². The van der Waals surface area contributed by atoms with Gasteiger partial charge in [0, 0.05) is 0 Å². The topological polar surface area (TPSA) is 47.3 Å². The van der Waals surface area contributed by atoms with Gasteiger partial charge in [-0.1, -0.05) is 12.1 Å². The first kappa shape index (κ1) is 13.0. The number of furan rings is 1. The van der Waals surface area contributed by atoms with Gasteiger partial charge in [0.05, 0.1) is 16.0 Å². The van der Waals surface area contributed by atoms with Crippen LogP contribution in [0.15, 0.2) is 57.8 Å². The second-order valence-corrected chi connectivity index (χ2v) is 6.03. The van der Waals surface area contributed by atoms with Gasteiger partial charge in [0.25, 0.3) is 0 Å². The minimum atomic E-state index is -0.901. The summed E-state index contributed by atoms with van der Waals surface area (Å²) >= 11 is 2.66. The van der Waals surface area contributed by atoms with E-state index in [0.717, 1.165) is 0 Å². The number of hydrogen-bond acceptors (Lipinski definition) is 5. The van der Waals surface area contributed by atoms with Crippen LogP contribution in [-0.2, 0) is 0 Å². The highest BCUT2D eigenvalue weighted by Crippen LogP contribution is 2.29. The molecule has 0 saturated heterocycles. The number of ketones is 2. The van der Waals surface area contributed by atoms with Crippen molar-refractivity contribution in [3.63, 3.8) is 0 Å². The van der Waals surface area contributed by atoms with Crippen LogP contribution in [0.3, 0.4) is 0 Å². The predicted molar refractivity (Wildman–Crippen MR) is 78.7 cm³/mol. The van der Waals surface area contributed by atoms with Gasteiger partial charge in [-0.15, -0.1) is 22.7 Å². The average molecular weight is 302 g/mol. The summed E-state index contributed by atoms with van der Waals surface area (Å²) in [6.45, 7) is 0. The van der Waals surface area contributed by atoms with E-state index in [1.807, 2.05) is 10.8 Å². The van der Waals surface area contributed by atoms with Crippen molar-refractivity contribution < 1.29 is 14.0 Å². The van der Waals surface area contributed by atoms with Crippen molar-refractivity contribution in [2.45, 2.75) is 5.92 Å². The molecule has 0 fully saturated rings. The zero-order valence-corrected chi connectivity index (χ0v) is 11.9. The van der Waals surface area contributed by atoms with Gasteiger partial charge >= 0.3 is 0 Å². The number of thiophene rings is 2. The molecule has 0 N–H and O–H groups in total. The molecule has 20 heavy (non-hydrogen) atoms. The summed E-state index contributed by atoms with van der Waals surface area (Å²) in [5.41, 5.74) is 0. The molecule has 0 amide bonds. The molecule has 100 valence electrons. The second-order valence-electron chi connectivity index (χ2n) is 4.13. The SMILES string of the molecule is O=C(c1cccs1)C(C(=O)c1cccs1)c1ccco1. The zero-order chi connectivity index (χ0) is 13.9. The molecule has 3 nitrogen and oxygen atoms in total. The van der Waals surface area contributed by atoms with E-state index in [1.165, 1.54) is 28.9 Å². The molecule has 0 atom stereocenters. The Labute approximate surface area is 123 Å².